The molecule has 6 rings (SSSR count). The van der Waals surface area contributed by atoms with Crippen LogP contribution in [0.25, 0.3) is 0 Å². The highest BCUT2D eigenvalue weighted by atomic mass is 16.8. The molecule has 6 heterocycles. The lowest BCUT2D eigenvalue weighted by atomic mass is 9.95. The van der Waals surface area contributed by atoms with Crippen LogP contribution in [0.2, 0.25) is 0 Å². The van der Waals surface area contributed by atoms with Crippen molar-refractivity contribution >= 4 is 0 Å². The van der Waals surface area contributed by atoms with Gasteiger partial charge in [0.1, 0.15) is 147 Å². The molecule has 0 spiro atoms. The highest BCUT2D eigenvalue weighted by Gasteiger charge is 2.61. The average molecular weight is 991 g/mol. The van der Waals surface area contributed by atoms with Crippen LogP contribution in [0, 0.1) is 0 Å². The molecule has 0 bridgehead atoms. The van der Waals surface area contributed by atoms with E-state index < -0.39 is 224 Å². The molecule has 392 valence electrons. The van der Waals surface area contributed by atoms with E-state index in [9.17, 15) is 102 Å². The highest BCUT2D eigenvalue weighted by Crippen LogP contribution is 2.40. The summed E-state index contributed by atoms with van der Waals surface area (Å²) < 4.78 is 62.6. The lowest BCUT2D eigenvalue weighted by Gasteiger charge is -2.50. The average Bonchev–Trinajstić information content (AvgIpc) is 3.57. The molecule has 0 aliphatic carbocycles. The first-order chi connectivity index (χ1) is 31.8. The number of hydrogen-bond acceptors (Lipinski definition) is 31. The van der Waals surface area contributed by atoms with Crippen molar-refractivity contribution in [3.63, 3.8) is 0 Å². The first-order valence-corrected chi connectivity index (χ1v) is 21.1. The molecular formula is C36H62O31. The van der Waals surface area contributed by atoms with Crippen LogP contribution in [-0.4, -0.2) is 326 Å². The summed E-state index contributed by atoms with van der Waals surface area (Å²) in [7, 11) is 0. The third kappa shape index (κ3) is 10.8. The zero-order valence-electron chi connectivity index (χ0n) is 35.1. The van der Waals surface area contributed by atoms with Gasteiger partial charge < -0.3 is 154 Å². The van der Waals surface area contributed by atoms with Crippen LogP contribution in [0.3, 0.4) is 0 Å². The molecule has 6 fully saturated rings. The zero-order valence-corrected chi connectivity index (χ0v) is 35.1. The lowest BCUT2D eigenvalue weighted by Crippen LogP contribution is -2.69. The molecular weight excluding hydrogens is 928 g/mol. The molecule has 20 N–H and O–H groups in total. The van der Waals surface area contributed by atoms with Gasteiger partial charge in [-0.05, 0) is 0 Å². The van der Waals surface area contributed by atoms with E-state index >= 15 is 0 Å². The second kappa shape index (κ2) is 23.1. The monoisotopic (exact) mass is 990 g/mol. The Morgan fingerprint density at radius 3 is 0.896 bits per heavy atom. The number of rotatable bonds is 17. The van der Waals surface area contributed by atoms with Gasteiger partial charge in [-0.2, -0.15) is 0 Å². The Morgan fingerprint density at radius 2 is 0.582 bits per heavy atom. The van der Waals surface area contributed by atoms with Crippen molar-refractivity contribution in [3.05, 3.63) is 0 Å². The summed E-state index contributed by atoms with van der Waals surface area (Å²) in [6, 6.07) is 0. The number of hydrogen-bond donors (Lipinski definition) is 20. The van der Waals surface area contributed by atoms with Gasteiger partial charge in [-0.3, -0.25) is 0 Å². The van der Waals surface area contributed by atoms with E-state index in [1.165, 1.54) is 0 Å². The van der Waals surface area contributed by atoms with Crippen molar-refractivity contribution < 1.29 is 154 Å². The minimum Gasteiger partial charge on any atom is -0.394 e. The van der Waals surface area contributed by atoms with Crippen LogP contribution in [0.4, 0.5) is 0 Å². The van der Waals surface area contributed by atoms with E-state index in [-0.39, 0.29) is 0 Å². The molecule has 67 heavy (non-hydrogen) atoms. The summed E-state index contributed by atoms with van der Waals surface area (Å²) in [6.45, 7) is -7.21. The topological polar surface area (TPSA) is 506 Å². The first kappa shape index (κ1) is 55.1. The van der Waals surface area contributed by atoms with Crippen molar-refractivity contribution in [2.45, 2.75) is 178 Å². The largest absolute Gasteiger partial charge is 0.394 e. The van der Waals surface area contributed by atoms with E-state index in [0.717, 1.165) is 0 Å². The lowest BCUT2D eigenvalue weighted by molar-refractivity contribution is -0.424. The fraction of sp³-hybridized carbons (Fsp3) is 1.00. The molecule has 0 radical (unpaired) electrons. The predicted molar refractivity (Wildman–Crippen MR) is 199 cm³/mol. The molecule has 16 unspecified atom stereocenters. The summed E-state index contributed by atoms with van der Waals surface area (Å²) in [4.78, 5) is 0. The van der Waals surface area contributed by atoms with Crippen LogP contribution in [0.5, 0.6) is 0 Å². The molecule has 29 atom stereocenters. The van der Waals surface area contributed by atoms with E-state index in [4.69, 9.17) is 52.1 Å². The van der Waals surface area contributed by atoms with Crippen LogP contribution in [0.15, 0.2) is 0 Å². The molecule has 6 saturated heterocycles. The Morgan fingerprint density at radius 1 is 0.299 bits per heavy atom. The molecule has 31 heteroatoms. The maximum absolute atomic E-state index is 11.5. The molecule has 0 aromatic rings. The Kier molecular flexibility index (Phi) is 19.0. The van der Waals surface area contributed by atoms with Gasteiger partial charge in [0.15, 0.2) is 31.5 Å². The third-order valence-electron chi connectivity index (χ3n) is 12.5. The smallest absolute Gasteiger partial charge is 0.224 e. The molecule has 6 aliphatic rings. The molecule has 0 aromatic heterocycles. The van der Waals surface area contributed by atoms with Gasteiger partial charge >= 0.3 is 0 Å². The number of ether oxygens (including phenoxy) is 11. The highest BCUT2D eigenvalue weighted by molar-refractivity contribution is 5.01. The Balaban J connectivity index is 1.33. The Hall–Kier alpha value is -1.24. The number of aliphatic hydroxyl groups excluding tert-OH is 20. The predicted octanol–water partition coefficient (Wildman–Crippen LogP) is -14.1. The summed E-state index contributed by atoms with van der Waals surface area (Å²) in [5, 5.41) is 211. The van der Waals surface area contributed by atoms with Crippen LogP contribution < -0.4 is 0 Å². The quantitative estimate of drug-likeness (QED) is 0.0643. The summed E-state index contributed by atoms with van der Waals surface area (Å²) in [5.41, 5.74) is 0. The van der Waals surface area contributed by atoms with Crippen LogP contribution in [-0.2, 0) is 52.1 Å². The second-order valence-electron chi connectivity index (χ2n) is 16.8. The summed E-state index contributed by atoms with van der Waals surface area (Å²) in [6.07, 6.45) is -56.6. The summed E-state index contributed by atoms with van der Waals surface area (Å²) >= 11 is 0. The Bertz CT molecular complexity index is 1520. The van der Waals surface area contributed by atoms with Gasteiger partial charge in [-0.1, -0.05) is 0 Å². The zero-order chi connectivity index (χ0) is 49.4. The molecule has 0 amide bonds. The van der Waals surface area contributed by atoms with Crippen molar-refractivity contribution in [3.8, 4) is 0 Å². The normalized spacial score (nSPS) is 53.2. The fourth-order valence-corrected chi connectivity index (χ4v) is 8.49. The summed E-state index contributed by atoms with van der Waals surface area (Å²) in [5.74, 6) is -2.66. The van der Waals surface area contributed by atoms with E-state index in [0.29, 0.717) is 0 Å². The van der Waals surface area contributed by atoms with Gasteiger partial charge in [0.25, 0.3) is 0 Å². The maximum Gasteiger partial charge on any atom is 0.224 e. The fourth-order valence-electron chi connectivity index (χ4n) is 8.49. The van der Waals surface area contributed by atoms with Gasteiger partial charge in [0, 0.05) is 0 Å². The second-order valence-corrected chi connectivity index (χ2v) is 16.8. The van der Waals surface area contributed by atoms with Gasteiger partial charge in [-0.15, -0.1) is 0 Å². The number of aliphatic hydroxyl groups is 20. The Labute approximate surface area is 378 Å². The van der Waals surface area contributed by atoms with Crippen LogP contribution in [0.1, 0.15) is 0 Å². The molecule has 0 saturated carbocycles. The minimum absolute atomic E-state index is 0.909. The standard InChI is InChI=1S/C36H62O31/c37-1-8-14(44)20(50)25(55)31(57-8)62-26-21(51)15(45)9(2-38)58-32(26)63-27-22(52)16(46)10(3-39)59-33(27)64-28-23(53)17(47)11(4-40)60-34(28)65-29-24(54)18(48)12(5-41)61-35(29)67-36(7-43)30(56)19(49)13(6-42)66-36/h8-35,37-56H,1-7H2/t8?,9?,10?,11?,12?,13?,14-,15-,16-,17-,18?,19+,20?,21?,22?,23?,24?,25?,26+,27?,28+,29?,30-,31-,32-,33-,34-,35?,36+/m1/s1. The maximum atomic E-state index is 11.5. The van der Waals surface area contributed by atoms with Crippen molar-refractivity contribution in [1.82, 2.24) is 0 Å². The van der Waals surface area contributed by atoms with Crippen LogP contribution >= 0.6 is 0 Å². The molecule has 0 aromatic carbocycles. The molecule has 6 aliphatic heterocycles. The minimum atomic E-state index is -2.66. The van der Waals surface area contributed by atoms with E-state index in [1.807, 2.05) is 0 Å². The van der Waals surface area contributed by atoms with Gasteiger partial charge in [-0.25, -0.2) is 0 Å². The van der Waals surface area contributed by atoms with Gasteiger partial charge in [0.2, 0.25) is 5.79 Å². The SMILES string of the molecule is OCC1OC(O[C@]2(CO)OC(CO)[C@H](O)[C@H]2O)C(O[C@H]2OC(CO)[C@@H](O)C(O)[C@@H]2O[C@H]2OC(CO)[C@@H](O)C(O)C2O[C@H]2OC(CO)[C@@H](O)C(O)[C@@H]2O[C@H]2OC(CO)[C@@H](O)C(O)C2O)C(O)C1O. The third-order valence-corrected chi connectivity index (χ3v) is 12.5. The van der Waals surface area contributed by atoms with Crippen molar-refractivity contribution in [1.29, 1.82) is 0 Å². The van der Waals surface area contributed by atoms with Gasteiger partial charge in [0.05, 0.1) is 39.6 Å². The van der Waals surface area contributed by atoms with E-state index in [2.05, 4.69) is 0 Å². The first-order valence-electron chi connectivity index (χ1n) is 21.1. The van der Waals surface area contributed by atoms with Crippen molar-refractivity contribution in [2.24, 2.45) is 0 Å². The van der Waals surface area contributed by atoms with Crippen molar-refractivity contribution in [2.75, 3.05) is 46.2 Å². The van der Waals surface area contributed by atoms with E-state index in [1.54, 1.807) is 0 Å². The molecule has 31 nitrogen and oxygen atoms in total.